The highest BCUT2D eigenvalue weighted by Crippen LogP contribution is 2.45. The summed E-state index contributed by atoms with van der Waals surface area (Å²) in [4.78, 5) is 34.4. The molecule has 1 saturated carbocycles. The van der Waals surface area contributed by atoms with Gasteiger partial charge in [-0.25, -0.2) is 0 Å². The summed E-state index contributed by atoms with van der Waals surface area (Å²) in [5.41, 5.74) is -0.430. The zero-order valence-corrected chi connectivity index (χ0v) is 12.2. The topological polar surface area (TPSA) is 105 Å². The number of rotatable bonds is 7. The first-order valence-corrected chi connectivity index (χ1v) is 6.89. The fourth-order valence-corrected chi connectivity index (χ4v) is 2.00. The highest BCUT2D eigenvalue weighted by Gasteiger charge is 2.57. The van der Waals surface area contributed by atoms with Crippen molar-refractivity contribution in [1.29, 1.82) is 0 Å². The maximum Gasteiger partial charge on any atom is 0.319 e. The van der Waals surface area contributed by atoms with Crippen LogP contribution in [0.15, 0.2) is 24.3 Å². The van der Waals surface area contributed by atoms with E-state index in [4.69, 9.17) is 9.84 Å². The molecule has 1 fully saturated rings. The number of hydrogen-bond donors (Lipinski definition) is 3. The second-order valence-corrected chi connectivity index (χ2v) is 5.19. The number of carbonyl (C=O) groups is 3. The third-order valence-corrected chi connectivity index (χ3v) is 3.65. The van der Waals surface area contributed by atoms with Gasteiger partial charge in [0, 0.05) is 6.54 Å². The predicted octanol–water partition coefficient (Wildman–Crippen LogP) is 0.292. The van der Waals surface area contributed by atoms with E-state index in [1.807, 2.05) is 12.1 Å². The molecule has 2 amide bonds. The molecule has 1 aromatic carbocycles. The lowest BCUT2D eigenvalue weighted by Gasteiger charge is -2.11. The Kier molecular flexibility index (Phi) is 4.65. The van der Waals surface area contributed by atoms with Gasteiger partial charge >= 0.3 is 5.97 Å². The van der Waals surface area contributed by atoms with Crippen molar-refractivity contribution in [2.45, 2.75) is 19.4 Å². The second kappa shape index (κ2) is 6.46. The molecule has 0 aromatic heterocycles. The van der Waals surface area contributed by atoms with E-state index < -0.39 is 17.3 Å². The second-order valence-electron chi connectivity index (χ2n) is 5.19. The highest BCUT2D eigenvalue weighted by atomic mass is 16.5. The standard InChI is InChI=1S/C15H18N2O5/c1-22-11-4-2-10(3-5-11)8-16-12(18)9-17-13(19)15(6-7-15)14(20)21/h2-5H,6-9H2,1H3,(H,16,18)(H,17,19)(H,20,21). The molecule has 0 atom stereocenters. The van der Waals surface area contributed by atoms with Gasteiger partial charge in [0.15, 0.2) is 0 Å². The molecule has 0 bridgehead atoms. The van der Waals surface area contributed by atoms with Crippen molar-refractivity contribution in [3.05, 3.63) is 29.8 Å². The van der Waals surface area contributed by atoms with Gasteiger partial charge in [0.1, 0.15) is 11.2 Å². The summed E-state index contributed by atoms with van der Waals surface area (Å²) in [6, 6.07) is 7.21. The van der Waals surface area contributed by atoms with E-state index in [0.717, 1.165) is 11.3 Å². The van der Waals surface area contributed by atoms with Crippen LogP contribution in [0, 0.1) is 5.41 Å². The molecule has 0 saturated heterocycles. The Morgan fingerprint density at radius 2 is 1.82 bits per heavy atom. The number of carboxylic acids is 1. The van der Waals surface area contributed by atoms with Crippen LogP contribution >= 0.6 is 0 Å². The third-order valence-electron chi connectivity index (χ3n) is 3.65. The van der Waals surface area contributed by atoms with Crippen molar-refractivity contribution in [2.24, 2.45) is 5.41 Å². The number of aliphatic carboxylic acids is 1. The average molecular weight is 306 g/mol. The van der Waals surface area contributed by atoms with Crippen LogP contribution in [0.5, 0.6) is 5.75 Å². The van der Waals surface area contributed by atoms with Crippen LogP contribution < -0.4 is 15.4 Å². The van der Waals surface area contributed by atoms with Crippen molar-refractivity contribution in [3.63, 3.8) is 0 Å². The van der Waals surface area contributed by atoms with Gasteiger partial charge in [0.2, 0.25) is 11.8 Å². The van der Waals surface area contributed by atoms with Gasteiger partial charge in [-0.05, 0) is 30.5 Å². The van der Waals surface area contributed by atoms with Crippen LogP contribution in [0.2, 0.25) is 0 Å². The highest BCUT2D eigenvalue weighted by molar-refractivity contribution is 6.05. The molecule has 118 valence electrons. The summed E-state index contributed by atoms with van der Waals surface area (Å²) in [6.07, 6.45) is 0.642. The number of carbonyl (C=O) groups excluding carboxylic acids is 2. The molecule has 2 rings (SSSR count). The lowest BCUT2D eigenvalue weighted by Crippen LogP contribution is -2.42. The molecular weight excluding hydrogens is 288 g/mol. The van der Waals surface area contributed by atoms with E-state index in [1.165, 1.54) is 0 Å². The van der Waals surface area contributed by atoms with Crippen LogP contribution in [-0.4, -0.2) is 36.5 Å². The van der Waals surface area contributed by atoms with Gasteiger partial charge in [-0.15, -0.1) is 0 Å². The number of carboxylic acid groups (broad SMARTS) is 1. The quantitative estimate of drug-likeness (QED) is 0.628. The van der Waals surface area contributed by atoms with Crippen LogP contribution in [0.4, 0.5) is 0 Å². The van der Waals surface area contributed by atoms with Gasteiger partial charge in [-0.1, -0.05) is 12.1 Å². The molecule has 0 spiro atoms. The lowest BCUT2D eigenvalue weighted by atomic mass is 10.1. The first-order chi connectivity index (χ1) is 10.5. The Hall–Kier alpha value is -2.57. The SMILES string of the molecule is COc1ccc(CNC(=O)CNC(=O)C2(C(=O)O)CC2)cc1. The van der Waals surface area contributed by atoms with Crippen LogP contribution in [0.3, 0.4) is 0 Å². The number of benzene rings is 1. The number of ether oxygens (including phenoxy) is 1. The molecule has 7 heteroatoms. The normalized spacial score (nSPS) is 14.8. The minimum Gasteiger partial charge on any atom is -0.497 e. The van der Waals surface area contributed by atoms with Crippen molar-refractivity contribution < 1.29 is 24.2 Å². The summed E-state index contributed by atoms with van der Waals surface area (Å²) in [5, 5.41) is 14.0. The first-order valence-electron chi connectivity index (χ1n) is 6.89. The summed E-state index contributed by atoms with van der Waals surface area (Å²) in [6.45, 7) is 0.0901. The average Bonchev–Trinajstić information content (AvgIpc) is 3.33. The van der Waals surface area contributed by atoms with Gasteiger partial charge in [-0.2, -0.15) is 0 Å². The van der Waals surface area contributed by atoms with Gasteiger partial charge in [0.25, 0.3) is 0 Å². The van der Waals surface area contributed by atoms with E-state index in [-0.39, 0.29) is 12.5 Å². The van der Waals surface area contributed by atoms with Crippen molar-refractivity contribution in [3.8, 4) is 5.75 Å². The Balaban J connectivity index is 1.74. The molecule has 0 aliphatic heterocycles. The minimum atomic E-state index is -1.32. The zero-order valence-electron chi connectivity index (χ0n) is 12.2. The fraction of sp³-hybridized carbons (Fsp3) is 0.400. The molecule has 1 aliphatic rings. The number of amides is 2. The Morgan fingerprint density at radius 1 is 1.18 bits per heavy atom. The van der Waals surface area contributed by atoms with Gasteiger partial charge < -0.3 is 20.5 Å². The van der Waals surface area contributed by atoms with E-state index in [2.05, 4.69) is 10.6 Å². The smallest absolute Gasteiger partial charge is 0.319 e. The fourth-order valence-electron chi connectivity index (χ4n) is 2.00. The van der Waals surface area contributed by atoms with Crippen molar-refractivity contribution >= 4 is 17.8 Å². The van der Waals surface area contributed by atoms with Crippen LogP contribution in [0.25, 0.3) is 0 Å². The summed E-state index contributed by atoms with van der Waals surface area (Å²) in [7, 11) is 1.57. The van der Waals surface area contributed by atoms with Crippen LogP contribution in [-0.2, 0) is 20.9 Å². The van der Waals surface area contributed by atoms with E-state index in [9.17, 15) is 14.4 Å². The molecule has 7 nitrogen and oxygen atoms in total. The first kappa shape index (κ1) is 15.8. The number of hydrogen-bond acceptors (Lipinski definition) is 4. The van der Waals surface area contributed by atoms with Crippen LogP contribution in [0.1, 0.15) is 18.4 Å². The summed E-state index contributed by atoms with van der Waals surface area (Å²) in [5.74, 6) is -1.38. The minimum absolute atomic E-state index is 0.232. The van der Waals surface area contributed by atoms with E-state index in [1.54, 1.807) is 19.2 Å². The lowest BCUT2D eigenvalue weighted by molar-refractivity contribution is -0.149. The Labute approximate surface area is 127 Å². The Morgan fingerprint density at radius 3 is 2.32 bits per heavy atom. The third kappa shape index (κ3) is 3.55. The molecule has 22 heavy (non-hydrogen) atoms. The molecule has 3 N–H and O–H groups in total. The molecular formula is C15H18N2O5. The maximum absolute atomic E-state index is 11.7. The van der Waals surface area contributed by atoms with Gasteiger partial charge in [0.05, 0.1) is 13.7 Å². The van der Waals surface area contributed by atoms with E-state index >= 15 is 0 Å². The predicted molar refractivity (Wildman–Crippen MR) is 77.2 cm³/mol. The zero-order chi connectivity index (χ0) is 16.2. The Bertz CT molecular complexity index is 578. The monoisotopic (exact) mass is 306 g/mol. The molecule has 0 unspecified atom stereocenters. The summed E-state index contributed by atoms with van der Waals surface area (Å²) >= 11 is 0. The maximum atomic E-state index is 11.7. The molecule has 1 aromatic rings. The number of nitrogens with one attached hydrogen (secondary N) is 2. The molecule has 0 heterocycles. The largest absolute Gasteiger partial charge is 0.497 e. The van der Waals surface area contributed by atoms with Gasteiger partial charge in [-0.3, -0.25) is 14.4 Å². The number of methoxy groups -OCH3 is 1. The van der Waals surface area contributed by atoms with Crippen molar-refractivity contribution in [1.82, 2.24) is 10.6 Å². The molecule has 0 radical (unpaired) electrons. The van der Waals surface area contributed by atoms with E-state index in [0.29, 0.717) is 19.4 Å². The molecule has 1 aliphatic carbocycles. The summed E-state index contributed by atoms with van der Waals surface area (Å²) < 4.78 is 5.03. The van der Waals surface area contributed by atoms with Crippen molar-refractivity contribution in [2.75, 3.05) is 13.7 Å².